The second-order valence-corrected chi connectivity index (χ2v) is 5.91. The summed E-state index contributed by atoms with van der Waals surface area (Å²) in [7, 11) is 0. The highest BCUT2D eigenvalue weighted by atomic mass is 79.9. The van der Waals surface area contributed by atoms with Gasteiger partial charge in [-0.3, -0.25) is 4.79 Å². The van der Waals surface area contributed by atoms with E-state index in [2.05, 4.69) is 21.2 Å². The minimum Gasteiger partial charge on any atom is -0.349 e. The predicted molar refractivity (Wildman–Crippen MR) is 82.6 cm³/mol. The fourth-order valence-electron chi connectivity index (χ4n) is 2.61. The van der Waals surface area contributed by atoms with Gasteiger partial charge in [-0.25, -0.2) is 0 Å². The Bertz CT molecular complexity index is 394. The lowest BCUT2D eigenvalue weighted by molar-refractivity contribution is 0.0930. The normalized spacial score (nSPS) is 17.5. The summed E-state index contributed by atoms with van der Waals surface area (Å²) >= 11 is 3.41. The van der Waals surface area contributed by atoms with Crippen LogP contribution in [0.2, 0.25) is 0 Å². The molecule has 0 spiro atoms. The van der Waals surface area contributed by atoms with E-state index >= 15 is 0 Å². The molecule has 0 atom stereocenters. The van der Waals surface area contributed by atoms with Crippen LogP contribution in [0.1, 0.15) is 60.9 Å². The summed E-state index contributed by atoms with van der Waals surface area (Å²) in [6, 6.07) is 8.19. The molecule has 0 aliphatic heterocycles. The van der Waals surface area contributed by atoms with E-state index in [4.69, 9.17) is 0 Å². The Morgan fingerprint density at radius 2 is 1.63 bits per heavy atom. The van der Waals surface area contributed by atoms with Crippen molar-refractivity contribution < 1.29 is 4.79 Å². The van der Waals surface area contributed by atoms with Gasteiger partial charge < -0.3 is 5.32 Å². The zero-order valence-corrected chi connectivity index (χ0v) is 12.9. The average Bonchev–Trinajstić information content (AvgIpc) is 2.41. The van der Waals surface area contributed by atoms with Crippen LogP contribution < -0.4 is 5.32 Å². The molecule has 0 unspecified atom stereocenters. The van der Waals surface area contributed by atoms with Gasteiger partial charge in [-0.1, -0.05) is 60.2 Å². The van der Waals surface area contributed by atoms with Gasteiger partial charge >= 0.3 is 0 Å². The van der Waals surface area contributed by atoms with Gasteiger partial charge in [0.2, 0.25) is 0 Å². The zero-order chi connectivity index (χ0) is 13.5. The lowest BCUT2D eigenvalue weighted by Gasteiger charge is -2.21. The Hall–Kier alpha value is -0.830. The van der Waals surface area contributed by atoms with Crippen LogP contribution >= 0.6 is 15.9 Å². The molecule has 1 aliphatic carbocycles. The maximum Gasteiger partial charge on any atom is 0.251 e. The largest absolute Gasteiger partial charge is 0.349 e. The lowest BCUT2D eigenvalue weighted by Crippen LogP contribution is -2.35. The third-order valence-electron chi connectivity index (χ3n) is 3.81. The first-order chi connectivity index (χ1) is 9.29. The smallest absolute Gasteiger partial charge is 0.251 e. The molecule has 2 rings (SSSR count). The minimum atomic E-state index is 0.0756. The summed E-state index contributed by atoms with van der Waals surface area (Å²) < 4.78 is 0. The van der Waals surface area contributed by atoms with E-state index in [0.717, 1.165) is 23.7 Å². The van der Waals surface area contributed by atoms with E-state index in [1.807, 2.05) is 24.3 Å². The number of amides is 1. The molecule has 1 saturated carbocycles. The fourth-order valence-corrected chi connectivity index (χ4v) is 2.99. The van der Waals surface area contributed by atoms with Gasteiger partial charge in [0.15, 0.2) is 0 Å². The summed E-state index contributed by atoms with van der Waals surface area (Å²) in [4.78, 5) is 12.2. The van der Waals surface area contributed by atoms with Crippen LogP contribution in [-0.2, 0) is 5.33 Å². The van der Waals surface area contributed by atoms with Crippen LogP contribution in [0, 0.1) is 0 Å². The van der Waals surface area contributed by atoms with Crippen molar-refractivity contribution in [3.63, 3.8) is 0 Å². The topological polar surface area (TPSA) is 29.1 Å². The summed E-state index contributed by atoms with van der Waals surface area (Å²) in [5.41, 5.74) is 1.97. The van der Waals surface area contributed by atoms with Gasteiger partial charge in [-0.2, -0.15) is 0 Å². The summed E-state index contributed by atoms with van der Waals surface area (Å²) in [5.74, 6) is 0.0756. The molecule has 1 N–H and O–H groups in total. The molecule has 104 valence electrons. The summed E-state index contributed by atoms with van der Waals surface area (Å²) in [5, 5.41) is 4.02. The number of halogens is 1. The molecule has 1 aromatic rings. The number of hydrogen-bond acceptors (Lipinski definition) is 1. The van der Waals surface area contributed by atoms with Gasteiger partial charge in [0.1, 0.15) is 0 Å². The quantitative estimate of drug-likeness (QED) is 0.819. The van der Waals surface area contributed by atoms with Crippen molar-refractivity contribution in [3.8, 4) is 0 Å². The fraction of sp³-hybridized carbons (Fsp3) is 0.562. The van der Waals surface area contributed by atoms with Crippen molar-refractivity contribution in [1.29, 1.82) is 0 Å². The summed E-state index contributed by atoms with van der Waals surface area (Å²) in [6.45, 7) is 0. The minimum absolute atomic E-state index is 0.0756. The SMILES string of the molecule is O=C(NC1CCCCCCC1)c1ccc(CBr)cc1. The molecule has 1 aromatic carbocycles. The first-order valence-electron chi connectivity index (χ1n) is 7.25. The molecular formula is C16H22BrNO. The number of alkyl halides is 1. The van der Waals surface area contributed by atoms with Crippen LogP contribution in [0.4, 0.5) is 0 Å². The second-order valence-electron chi connectivity index (χ2n) is 5.35. The highest BCUT2D eigenvalue weighted by Gasteiger charge is 2.14. The van der Waals surface area contributed by atoms with Crippen molar-refractivity contribution in [2.45, 2.75) is 56.3 Å². The molecule has 3 heteroatoms. The molecule has 0 saturated heterocycles. The van der Waals surface area contributed by atoms with E-state index in [-0.39, 0.29) is 5.91 Å². The molecule has 1 amide bonds. The van der Waals surface area contributed by atoms with E-state index < -0.39 is 0 Å². The third-order valence-corrected chi connectivity index (χ3v) is 4.46. The Morgan fingerprint density at radius 1 is 1.05 bits per heavy atom. The molecule has 1 aliphatic rings. The molecule has 0 radical (unpaired) electrons. The van der Waals surface area contributed by atoms with Gasteiger partial charge in [0.05, 0.1) is 0 Å². The molecule has 2 nitrogen and oxygen atoms in total. The van der Waals surface area contributed by atoms with Crippen molar-refractivity contribution >= 4 is 21.8 Å². The molecule has 0 aromatic heterocycles. The molecule has 1 fully saturated rings. The third kappa shape index (κ3) is 4.64. The first-order valence-corrected chi connectivity index (χ1v) is 8.37. The zero-order valence-electron chi connectivity index (χ0n) is 11.3. The lowest BCUT2D eigenvalue weighted by atomic mass is 9.96. The Labute approximate surface area is 124 Å². The standard InChI is InChI=1S/C16H22BrNO/c17-12-13-8-10-14(11-9-13)16(19)18-15-6-4-2-1-3-5-7-15/h8-11,15H,1-7,12H2,(H,18,19). The van der Waals surface area contributed by atoms with Crippen LogP contribution in [-0.4, -0.2) is 11.9 Å². The summed E-state index contributed by atoms with van der Waals surface area (Å²) in [6.07, 6.45) is 8.73. The highest BCUT2D eigenvalue weighted by molar-refractivity contribution is 9.08. The Morgan fingerprint density at radius 3 is 2.21 bits per heavy atom. The van der Waals surface area contributed by atoms with E-state index in [1.165, 1.54) is 37.7 Å². The van der Waals surface area contributed by atoms with Crippen LogP contribution in [0.15, 0.2) is 24.3 Å². The van der Waals surface area contributed by atoms with Crippen molar-refractivity contribution in [1.82, 2.24) is 5.32 Å². The average molecular weight is 324 g/mol. The van der Waals surface area contributed by atoms with Crippen molar-refractivity contribution in [3.05, 3.63) is 35.4 Å². The number of nitrogens with one attached hydrogen (secondary N) is 1. The number of carbonyl (C=O) groups is 1. The molecule has 19 heavy (non-hydrogen) atoms. The number of rotatable bonds is 3. The highest BCUT2D eigenvalue weighted by Crippen LogP contribution is 2.17. The van der Waals surface area contributed by atoms with Crippen molar-refractivity contribution in [2.75, 3.05) is 0 Å². The van der Waals surface area contributed by atoms with E-state index in [1.54, 1.807) is 0 Å². The van der Waals surface area contributed by atoms with Crippen LogP contribution in [0.3, 0.4) is 0 Å². The van der Waals surface area contributed by atoms with Gasteiger partial charge in [-0.15, -0.1) is 0 Å². The van der Waals surface area contributed by atoms with Crippen LogP contribution in [0.25, 0.3) is 0 Å². The van der Waals surface area contributed by atoms with Gasteiger partial charge in [0.25, 0.3) is 5.91 Å². The van der Waals surface area contributed by atoms with Crippen molar-refractivity contribution in [2.24, 2.45) is 0 Å². The Balaban J connectivity index is 1.91. The first kappa shape index (κ1) is 14.6. The molecular weight excluding hydrogens is 302 g/mol. The number of carbonyl (C=O) groups excluding carboxylic acids is 1. The maximum atomic E-state index is 12.2. The van der Waals surface area contributed by atoms with E-state index in [0.29, 0.717) is 6.04 Å². The molecule has 0 bridgehead atoms. The second kappa shape index (κ2) is 7.68. The van der Waals surface area contributed by atoms with Gasteiger partial charge in [0, 0.05) is 16.9 Å². The number of hydrogen-bond donors (Lipinski definition) is 1. The number of benzene rings is 1. The van der Waals surface area contributed by atoms with Crippen LogP contribution in [0.5, 0.6) is 0 Å². The van der Waals surface area contributed by atoms with E-state index in [9.17, 15) is 4.79 Å². The monoisotopic (exact) mass is 323 g/mol. The molecule has 0 heterocycles. The maximum absolute atomic E-state index is 12.2. The Kier molecular flexibility index (Phi) is 5.90. The van der Waals surface area contributed by atoms with Gasteiger partial charge in [-0.05, 0) is 30.5 Å². The predicted octanol–water partition coefficient (Wildman–Crippen LogP) is 4.42.